The van der Waals surface area contributed by atoms with E-state index in [-0.39, 0.29) is 0 Å². The monoisotopic (exact) mass is 177 g/mol. The zero-order valence-corrected chi connectivity index (χ0v) is 8.71. The first-order valence-corrected chi connectivity index (χ1v) is 5.24. The lowest BCUT2D eigenvalue weighted by Gasteiger charge is -2.03. The summed E-state index contributed by atoms with van der Waals surface area (Å²) in [6.45, 7) is 4.39. The highest BCUT2D eigenvalue weighted by atomic mass is 14.6. The largest absolute Gasteiger partial charge is 0.264 e. The standard InChI is InChI=1S/C12H19N/c1-3-4-5-6-7-12-8-9-13-10-11(12)2/h8-10H,3-7H2,1-2H3. The van der Waals surface area contributed by atoms with Gasteiger partial charge in [-0.05, 0) is 37.0 Å². The Balaban J connectivity index is 2.32. The lowest BCUT2D eigenvalue weighted by atomic mass is 10.0. The highest BCUT2D eigenvalue weighted by Gasteiger charge is 1.96. The maximum absolute atomic E-state index is 4.09. The maximum atomic E-state index is 4.09. The first-order chi connectivity index (χ1) is 6.34. The predicted molar refractivity (Wildman–Crippen MR) is 56.8 cm³/mol. The number of unbranched alkanes of at least 4 members (excludes halogenated alkanes) is 3. The summed E-state index contributed by atoms with van der Waals surface area (Å²) in [6, 6.07) is 2.14. The molecule has 0 radical (unpaired) electrons. The van der Waals surface area contributed by atoms with E-state index in [1.807, 2.05) is 12.4 Å². The Hall–Kier alpha value is -0.850. The van der Waals surface area contributed by atoms with Crippen LogP contribution >= 0.6 is 0 Å². The molecule has 0 unspecified atom stereocenters. The molecule has 0 atom stereocenters. The summed E-state index contributed by atoms with van der Waals surface area (Å²) in [5.41, 5.74) is 2.80. The van der Waals surface area contributed by atoms with Gasteiger partial charge in [-0.3, -0.25) is 4.98 Å². The quantitative estimate of drug-likeness (QED) is 0.627. The molecule has 0 aliphatic rings. The van der Waals surface area contributed by atoms with Crippen molar-refractivity contribution in [2.75, 3.05) is 0 Å². The molecule has 1 heterocycles. The zero-order chi connectivity index (χ0) is 9.52. The fourth-order valence-electron chi connectivity index (χ4n) is 1.52. The molecule has 0 aliphatic heterocycles. The molecule has 1 rings (SSSR count). The third kappa shape index (κ3) is 3.58. The Kier molecular flexibility index (Phi) is 4.52. The Bertz CT molecular complexity index is 243. The predicted octanol–water partition coefficient (Wildman–Crippen LogP) is 3.51. The summed E-state index contributed by atoms with van der Waals surface area (Å²) in [5.74, 6) is 0. The second-order valence-corrected chi connectivity index (χ2v) is 3.61. The number of rotatable bonds is 5. The van der Waals surface area contributed by atoms with Crippen molar-refractivity contribution in [1.29, 1.82) is 0 Å². The number of aryl methyl sites for hydroxylation is 2. The van der Waals surface area contributed by atoms with E-state index in [2.05, 4.69) is 24.9 Å². The van der Waals surface area contributed by atoms with E-state index in [9.17, 15) is 0 Å². The van der Waals surface area contributed by atoms with Crippen LogP contribution in [0.5, 0.6) is 0 Å². The Labute approximate surface area is 81.2 Å². The lowest BCUT2D eigenvalue weighted by molar-refractivity contribution is 0.665. The first kappa shape index (κ1) is 10.2. The van der Waals surface area contributed by atoms with E-state index in [4.69, 9.17) is 0 Å². The molecule has 0 fully saturated rings. The minimum atomic E-state index is 1.22. The Morgan fingerprint density at radius 2 is 2.08 bits per heavy atom. The summed E-state index contributed by atoms with van der Waals surface area (Å²) in [6.07, 6.45) is 10.4. The van der Waals surface area contributed by atoms with Gasteiger partial charge in [0.25, 0.3) is 0 Å². The third-order valence-electron chi connectivity index (χ3n) is 2.44. The molecule has 0 N–H and O–H groups in total. The van der Waals surface area contributed by atoms with Crippen molar-refractivity contribution in [2.24, 2.45) is 0 Å². The molecule has 1 nitrogen and oxygen atoms in total. The minimum absolute atomic E-state index is 1.22. The molecule has 13 heavy (non-hydrogen) atoms. The number of pyridine rings is 1. The molecular weight excluding hydrogens is 158 g/mol. The molecule has 0 amide bonds. The van der Waals surface area contributed by atoms with Crippen LogP contribution in [-0.4, -0.2) is 4.98 Å². The number of hydrogen-bond donors (Lipinski definition) is 0. The molecule has 0 saturated heterocycles. The summed E-state index contributed by atoms with van der Waals surface area (Å²) in [4.78, 5) is 4.09. The summed E-state index contributed by atoms with van der Waals surface area (Å²) < 4.78 is 0. The molecule has 1 aromatic heterocycles. The molecule has 0 aromatic carbocycles. The van der Waals surface area contributed by atoms with Gasteiger partial charge in [0.05, 0.1) is 0 Å². The SMILES string of the molecule is CCCCCCc1ccncc1C. The van der Waals surface area contributed by atoms with Gasteiger partial charge in [-0.25, -0.2) is 0 Å². The fourth-order valence-corrected chi connectivity index (χ4v) is 1.52. The zero-order valence-electron chi connectivity index (χ0n) is 8.71. The first-order valence-electron chi connectivity index (χ1n) is 5.24. The van der Waals surface area contributed by atoms with Crippen LogP contribution in [0.15, 0.2) is 18.5 Å². The topological polar surface area (TPSA) is 12.9 Å². The van der Waals surface area contributed by atoms with Gasteiger partial charge in [0, 0.05) is 12.4 Å². The van der Waals surface area contributed by atoms with Crippen molar-refractivity contribution in [1.82, 2.24) is 4.98 Å². The molecule has 72 valence electrons. The van der Waals surface area contributed by atoms with E-state index in [0.29, 0.717) is 0 Å². The van der Waals surface area contributed by atoms with Crippen LogP contribution in [0.3, 0.4) is 0 Å². The second kappa shape index (κ2) is 5.74. The van der Waals surface area contributed by atoms with Crippen LogP contribution in [0.4, 0.5) is 0 Å². The van der Waals surface area contributed by atoms with Crippen molar-refractivity contribution >= 4 is 0 Å². The molecule has 0 spiro atoms. The number of aromatic nitrogens is 1. The molecule has 0 aliphatic carbocycles. The number of hydrogen-bond acceptors (Lipinski definition) is 1. The van der Waals surface area contributed by atoms with Crippen LogP contribution < -0.4 is 0 Å². The van der Waals surface area contributed by atoms with E-state index in [1.54, 1.807) is 0 Å². The smallest absolute Gasteiger partial charge is 0.0299 e. The average Bonchev–Trinajstić information content (AvgIpc) is 2.15. The van der Waals surface area contributed by atoms with Crippen molar-refractivity contribution in [2.45, 2.75) is 46.0 Å². The van der Waals surface area contributed by atoms with Gasteiger partial charge in [-0.15, -0.1) is 0 Å². The van der Waals surface area contributed by atoms with Gasteiger partial charge in [-0.1, -0.05) is 26.2 Å². The Morgan fingerprint density at radius 1 is 1.23 bits per heavy atom. The number of nitrogens with zero attached hydrogens (tertiary/aromatic N) is 1. The highest BCUT2D eigenvalue weighted by Crippen LogP contribution is 2.10. The van der Waals surface area contributed by atoms with Crippen molar-refractivity contribution in [3.8, 4) is 0 Å². The van der Waals surface area contributed by atoms with Crippen molar-refractivity contribution in [3.05, 3.63) is 29.6 Å². The molecular formula is C12H19N. The molecule has 1 aromatic rings. The van der Waals surface area contributed by atoms with E-state index in [0.717, 1.165) is 0 Å². The molecule has 1 heteroatoms. The average molecular weight is 177 g/mol. The summed E-state index contributed by atoms with van der Waals surface area (Å²) in [7, 11) is 0. The molecule has 0 bridgehead atoms. The van der Waals surface area contributed by atoms with Gasteiger partial charge in [0.2, 0.25) is 0 Å². The van der Waals surface area contributed by atoms with Gasteiger partial charge in [-0.2, -0.15) is 0 Å². The highest BCUT2D eigenvalue weighted by molar-refractivity contribution is 5.21. The van der Waals surface area contributed by atoms with Crippen LogP contribution in [0.2, 0.25) is 0 Å². The third-order valence-corrected chi connectivity index (χ3v) is 2.44. The van der Waals surface area contributed by atoms with Crippen LogP contribution in [0.1, 0.15) is 43.7 Å². The van der Waals surface area contributed by atoms with Gasteiger partial charge < -0.3 is 0 Å². The maximum Gasteiger partial charge on any atom is 0.0299 e. The van der Waals surface area contributed by atoms with Crippen LogP contribution in [0.25, 0.3) is 0 Å². The minimum Gasteiger partial charge on any atom is -0.264 e. The summed E-state index contributed by atoms with van der Waals surface area (Å²) >= 11 is 0. The van der Waals surface area contributed by atoms with E-state index in [1.165, 1.54) is 43.2 Å². The Morgan fingerprint density at radius 3 is 2.77 bits per heavy atom. The fraction of sp³-hybridized carbons (Fsp3) is 0.583. The van der Waals surface area contributed by atoms with Gasteiger partial charge in [0.1, 0.15) is 0 Å². The van der Waals surface area contributed by atoms with Crippen molar-refractivity contribution < 1.29 is 0 Å². The second-order valence-electron chi connectivity index (χ2n) is 3.61. The van der Waals surface area contributed by atoms with Crippen molar-refractivity contribution in [3.63, 3.8) is 0 Å². The van der Waals surface area contributed by atoms with Crippen LogP contribution in [-0.2, 0) is 6.42 Å². The van der Waals surface area contributed by atoms with E-state index >= 15 is 0 Å². The van der Waals surface area contributed by atoms with Gasteiger partial charge in [0.15, 0.2) is 0 Å². The van der Waals surface area contributed by atoms with E-state index < -0.39 is 0 Å². The van der Waals surface area contributed by atoms with Crippen LogP contribution in [0, 0.1) is 6.92 Å². The summed E-state index contributed by atoms with van der Waals surface area (Å²) in [5, 5.41) is 0. The molecule has 0 saturated carbocycles. The lowest BCUT2D eigenvalue weighted by Crippen LogP contribution is -1.90. The normalized spacial score (nSPS) is 10.3. The van der Waals surface area contributed by atoms with Gasteiger partial charge >= 0.3 is 0 Å².